The first-order valence-corrected chi connectivity index (χ1v) is 8.20. The van der Waals surface area contributed by atoms with Crippen molar-refractivity contribution in [1.82, 2.24) is 0 Å². The summed E-state index contributed by atoms with van der Waals surface area (Å²) in [6.07, 6.45) is -6.06. The Morgan fingerprint density at radius 1 is 1.23 bits per heavy atom. The normalized spacial score (nSPS) is 26.5. The molecule has 3 rings (SSSR count). The van der Waals surface area contributed by atoms with Gasteiger partial charge in [-0.05, 0) is 29.8 Å². The van der Waals surface area contributed by atoms with E-state index in [1.54, 1.807) is 0 Å². The first kappa shape index (κ1) is 18.9. The van der Waals surface area contributed by atoms with Crippen molar-refractivity contribution < 1.29 is 22.4 Å². The van der Waals surface area contributed by atoms with Gasteiger partial charge in [0.05, 0.1) is 11.4 Å². The maximum Gasteiger partial charge on any atom is 0.435 e. The fourth-order valence-corrected chi connectivity index (χ4v) is 3.43. The second-order valence-corrected chi connectivity index (χ2v) is 6.95. The first-order chi connectivity index (χ1) is 12.0. The molecular weight excluding hydrogens is 395 g/mol. The van der Waals surface area contributed by atoms with Gasteiger partial charge in [0.15, 0.2) is 0 Å². The monoisotopic (exact) mass is 406 g/mol. The molecule has 1 aromatic rings. The molecule has 0 amide bonds. The van der Waals surface area contributed by atoms with E-state index in [2.05, 4.69) is 11.7 Å². The third-order valence-electron chi connectivity index (χ3n) is 4.27. The highest BCUT2D eigenvalue weighted by molar-refractivity contribution is 6.34. The minimum atomic E-state index is -4.82. The molecule has 1 N–H and O–H groups in total. The Morgan fingerprint density at radius 3 is 2.42 bits per heavy atom. The van der Waals surface area contributed by atoms with Gasteiger partial charge in [-0.25, -0.2) is 4.39 Å². The number of halogens is 6. The van der Waals surface area contributed by atoms with Crippen molar-refractivity contribution in [3.8, 4) is 0 Å². The SMILES string of the molecule is C=C1CC(F)C(=N)C=C1C1=NOC(c2cc(Cl)cc(Cl)c2)(C(F)(F)F)C1. The van der Waals surface area contributed by atoms with Crippen LogP contribution in [0.3, 0.4) is 0 Å². The molecule has 26 heavy (non-hydrogen) atoms. The number of benzene rings is 1. The molecule has 1 aromatic carbocycles. The lowest BCUT2D eigenvalue weighted by Crippen LogP contribution is -2.43. The van der Waals surface area contributed by atoms with E-state index in [0.29, 0.717) is 0 Å². The highest BCUT2D eigenvalue weighted by atomic mass is 35.5. The number of rotatable bonds is 2. The first-order valence-electron chi connectivity index (χ1n) is 7.44. The number of nitrogens with one attached hydrogen (secondary N) is 1. The Bertz CT molecular complexity index is 843. The minimum Gasteiger partial charge on any atom is -0.374 e. The number of nitrogens with zero attached hydrogens (tertiary/aromatic N) is 1. The lowest BCUT2D eigenvalue weighted by atomic mass is 9.82. The summed E-state index contributed by atoms with van der Waals surface area (Å²) in [5.41, 5.74) is -3.01. The molecular formula is C17H12Cl2F4N2O. The number of alkyl halides is 4. The lowest BCUT2D eigenvalue weighted by molar-refractivity contribution is -0.275. The predicted octanol–water partition coefficient (Wildman–Crippen LogP) is 5.77. The standard InChI is InChI=1S/C17H12Cl2F4N2O/c1-8-2-13(20)14(24)6-12(8)15-7-16(26-25-15,17(21,22)23)9-3-10(18)5-11(19)4-9/h3-6,13,24H,1-2,7H2. The number of allylic oxidation sites excluding steroid dienone is 3. The molecule has 0 saturated heterocycles. The van der Waals surface area contributed by atoms with E-state index in [1.807, 2.05) is 0 Å². The van der Waals surface area contributed by atoms with Crippen molar-refractivity contribution in [2.24, 2.45) is 5.16 Å². The zero-order valence-corrected chi connectivity index (χ0v) is 14.6. The summed E-state index contributed by atoms with van der Waals surface area (Å²) in [6, 6.07) is 3.54. The van der Waals surface area contributed by atoms with Crippen LogP contribution in [0.5, 0.6) is 0 Å². The Labute approximate surface area is 156 Å². The Kier molecular flexibility index (Phi) is 4.65. The second kappa shape index (κ2) is 6.39. The summed E-state index contributed by atoms with van der Waals surface area (Å²) in [7, 11) is 0. The molecule has 0 fully saturated rings. The molecule has 2 aliphatic rings. The van der Waals surface area contributed by atoms with Crippen molar-refractivity contribution in [1.29, 1.82) is 5.41 Å². The van der Waals surface area contributed by atoms with E-state index in [1.165, 1.54) is 6.07 Å². The molecule has 1 heterocycles. The fraction of sp³-hybridized carbons (Fsp3) is 0.294. The van der Waals surface area contributed by atoms with E-state index in [4.69, 9.17) is 33.4 Å². The molecule has 9 heteroatoms. The van der Waals surface area contributed by atoms with Crippen LogP contribution in [0.25, 0.3) is 0 Å². The Balaban J connectivity index is 2.03. The van der Waals surface area contributed by atoms with Gasteiger partial charge in [-0.1, -0.05) is 34.9 Å². The number of oxime groups is 1. The summed E-state index contributed by atoms with van der Waals surface area (Å²) >= 11 is 11.7. The summed E-state index contributed by atoms with van der Waals surface area (Å²) in [4.78, 5) is 4.88. The van der Waals surface area contributed by atoms with Gasteiger partial charge < -0.3 is 10.2 Å². The van der Waals surface area contributed by atoms with Crippen LogP contribution in [-0.4, -0.2) is 23.8 Å². The molecule has 1 aliphatic heterocycles. The summed E-state index contributed by atoms with van der Waals surface area (Å²) in [5.74, 6) is 0. The van der Waals surface area contributed by atoms with Gasteiger partial charge in [-0.3, -0.25) is 0 Å². The smallest absolute Gasteiger partial charge is 0.374 e. The van der Waals surface area contributed by atoms with Crippen molar-refractivity contribution in [2.75, 3.05) is 0 Å². The molecule has 2 atom stereocenters. The van der Waals surface area contributed by atoms with Crippen LogP contribution in [0.1, 0.15) is 18.4 Å². The van der Waals surface area contributed by atoms with E-state index in [9.17, 15) is 17.6 Å². The lowest BCUT2D eigenvalue weighted by Gasteiger charge is -2.30. The van der Waals surface area contributed by atoms with Gasteiger partial charge in [0.1, 0.15) is 6.17 Å². The van der Waals surface area contributed by atoms with Crippen molar-refractivity contribution in [2.45, 2.75) is 30.8 Å². The molecule has 1 aliphatic carbocycles. The highest BCUT2D eigenvalue weighted by Crippen LogP contribution is 2.50. The molecule has 138 valence electrons. The van der Waals surface area contributed by atoms with Crippen LogP contribution < -0.4 is 0 Å². The minimum absolute atomic E-state index is 0.0246. The molecule has 0 saturated carbocycles. The largest absolute Gasteiger partial charge is 0.435 e. The Hall–Kier alpha value is -1.86. The molecule has 3 nitrogen and oxygen atoms in total. The van der Waals surface area contributed by atoms with Crippen LogP contribution in [0, 0.1) is 5.41 Å². The van der Waals surface area contributed by atoms with Gasteiger partial charge >= 0.3 is 6.18 Å². The van der Waals surface area contributed by atoms with E-state index >= 15 is 0 Å². The number of hydrogen-bond acceptors (Lipinski definition) is 3. The van der Waals surface area contributed by atoms with Gasteiger partial charge in [-0.15, -0.1) is 0 Å². The van der Waals surface area contributed by atoms with Crippen LogP contribution in [0.15, 0.2) is 47.2 Å². The average molecular weight is 407 g/mol. The molecule has 0 aromatic heterocycles. The quantitative estimate of drug-likeness (QED) is 0.622. The predicted molar refractivity (Wildman–Crippen MR) is 91.8 cm³/mol. The number of hydrogen-bond donors (Lipinski definition) is 1. The topological polar surface area (TPSA) is 45.4 Å². The second-order valence-electron chi connectivity index (χ2n) is 6.08. The molecule has 0 spiro atoms. The van der Waals surface area contributed by atoms with Crippen LogP contribution in [-0.2, 0) is 10.4 Å². The van der Waals surface area contributed by atoms with E-state index < -0.39 is 24.4 Å². The van der Waals surface area contributed by atoms with E-state index in [-0.39, 0.29) is 44.6 Å². The maximum atomic E-state index is 13.9. The average Bonchev–Trinajstić information content (AvgIpc) is 2.96. The van der Waals surface area contributed by atoms with Gasteiger partial charge in [-0.2, -0.15) is 13.2 Å². The molecule has 2 unspecified atom stereocenters. The van der Waals surface area contributed by atoms with Crippen molar-refractivity contribution in [3.05, 3.63) is 57.6 Å². The third-order valence-corrected chi connectivity index (χ3v) is 4.71. The van der Waals surface area contributed by atoms with Gasteiger partial charge in [0, 0.05) is 34.0 Å². The van der Waals surface area contributed by atoms with Gasteiger partial charge in [0.25, 0.3) is 5.60 Å². The van der Waals surface area contributed by atoms with Crippen LogP contribution >= 0.6 is 23.2 Å². The van der Waals surface area contributed by atoms with Gasteiger partial charge in [0.2, 0.25) is 0 Å². The molecule has 0 radical (unpaired) electrons. The van der Waals surface area contributed by atoms with Crippen LogP contribution in [0.4, 0.5) is 17.6 Å². The third kappa shape index (κ3) is 3.14. The zero-order chi connectivity index (χ0) is 19.3. The van der Waals surface area contributed by atoms with Crippen LogP contribution in [0.2, 0.25) is 10.0 Å². The highest BCUT2D eigenvalue weighted by Gasteiger charge is 2.62. The zero-order valence-electron chi connectivity index (χ0n) is 13.1. The van der Waals surface area contributed by atoms with Crippen molar-refractivity contribution in [3.63, 3.8) is 0 Å². The fourth-order valence-electron chi connectivity index (χ4n) is 2.91. The van der Waals surface area contributed by atoms with E-state index in [0.717, 1.165) is 18.2 Å². The Morgan fingerprint density at radius 2 is 1.85 bits per heavy atom. The summed E-state index contributed by atoms with van der Waals surface area (Å²) < 4.78 is 55.3. The summed E-state index contributed by atoms with van der Waals surface area (Å²) in [6.45, 7) is 3.67. The maximum absolute atomic E-state index is 13.9. The summed E-state index contributed by atoms with van der Waals surface area (Å²) in [5, 5.41) is 11.2. The molecule has 0 bridgehead atoms. The van der Waals surface area contributed by atoms with Crippen molar-refractivity contribution >= 4 is 34.6 Å².